The van der Waals surface area contributed by atoms with Crippen molar-refractivity contribution in [3.8, 4) is 0 Å². The smallest absolute Gasteiger partial charge is 0.319 e. The molecule has 6 heteroatoms. The summed E-state index contributed by atoms with van der Waals surface area (Å²) >= 11 is 3.47. The summed E-state index contributed by atoms with van der Waals surface area (Å²) in [7, 11) is 0. The van der Waals surface area contributed by atoms with Gasteiger partial charge in [0.15, 0.2) is 0 Å². The number of carbonyl (C=O) groups is 2. The van der Waals surface area contributed by atoms with Crippen molar-refractivity contribution in [2.45, 2.75) is 19.4 Å². The lowest BCUT2D eigenvalue weighted by atomic mass is 10.1. The van der Waals surface area contributed by atoms with E-state index in [0.717, 1.165) is 10.0 Å². The van der Waals surface area contributed by atoms with E-state index in [1.54, 1.807) is 12.1 Å². The highest BCUT2D eigenvalue weighted by atomic mass is 79.9. The van der Waals surface area contributed by atoms with Crippen LogP contribution in [0.2, 0.25) is 0 Å². The van der Waals surface area contributed by atoms with Gasteiger partial charge in [-0.2, -0.15) is 0 Å². The third-order valence-corrected chi connectivity index (χ3v) is 4.14. The molecular formula is C18H20BrN3O2. The number of anilines is 1. The summed E-state index contributed by atoms with van der Waals surface area (Å²) in [4.78, 5) is 23.7. The molecule has 2 aromatic carbocycles. The van der Waals surface area contributed by atoms with Gasteiger partial charge in [-0.1, -0.05) is 52.3 Å². The van der Waals surface area contributed by atoms with E-state index in [1.807, 2.05) is 49.4 Å². The Kier molecular flexibility index (Phi) is 6.81. The molecule has 126 valence electrons. The van der Waals surface area contributed by atoms with Crippen molar-refractivity contribution in [1.82, 2.24) is 10.6 Å². The van der Waals surface area contributed by atoms with Crippen LogP contribution in [-0.4, -0.2) is 18.5 Å². The standard InChI is InChI=1S/C18H20BrN3O2/c1-13(15-9-5-6-10-16(15)19)21-17(23)11-12-20-18(24)22-14-7-3-2-4-8-14/h2-10,13H,11-12H2,1H3,(H,21,23)(H2,20,22,24)/t13-/m0/s1. The van der Waals surface area contributed by atoms with Crippen LogP contribution in [0.25, 0.3) is 0 Å². The van der Waals surface area contributed by atoms with Gasteiger partial charge in [-0.25, -0.2) is 4.79 Å². The molecule has 0 unspecified atom stereocenters. The number of benzene rings is 2. The number of rotatable bonds is 6. The molecular weight excluding hydrogens is 370 g/mol. The lowest BCUT2D eigenvalue weighted by Gasteiger charge is -2.16. The van der Waals surface area contributed by atoms with Crippen molar-refractivity contribution in [2.75, 3.05) is 11.9 Å². The molecule has 0 saturated heterocycles. The van der Waals surface area contributed by atoms with Crippen molar-refractivity contribution in [3.63, 3.8) is 0 Å². The van der Waals surface area contributed by atoms with Gasteiger partial charge in [-0.3, -0.25) is 4.79 Å². The summed E-state index contributed by atoms with van der Waals surface area (Å²) in [5, 5.41) is 8.29. The molecule has 0 spiro atoms. The quantitative estimate of drug-likeness (QED) is 0.702. The van der Waals surface area contributed by atoms with Crippen molar-refractivity contribution < 1.29 is 9.59 Å². The Labute approximate surface area is 150 Å². The number of hydrogen-bond acceptors (Lipinski definition) is 2. The molecule has 2 aromatic rings. The Bertz CT molecular complexity index is 692. The Hall–Kier alpha value is -2.34. The van der Waals surface area contributed by atoms with Gasteiger partial charge < -0.3 is 16.0 Å². The number of halogens is 1. The van der Waals surface area contributed by atoms with Crippen LogP contribution in [0.3, 0.4) is 0 Å². The fraction of sp³-hybridized carbons (Fsp3) is 0.222. The van der Waals surface area contributed by atoms with Gasteiger partial charge in [0.25, 0.3) is 0 Å². The van der Waals surface area contributed by atoms with Gasteiger partial charge in [0.05, 0.1) is 6.04 Å². The third kappa shape index (κ3) is 5.70. The van der Waals surface area contributed by atoms with Crippen LogP contribution in [0.5, 0.6) is 0 Å². The summed E-state index contributed by atoms with van der Waals surface area (Å²) < 4.78 is 0.957. The van der Waals surface area contributed by atoms with Crippen LogP contribution in [0.15, 0.2) is 59.1 Å². The number of urea groups is 1. The van der Waals surface area contributed by atoms with Crippen molar-refractivity contribution in [2.24, 2.45) is 0 Å². The number of hydrogen-bond donors (Lipinski definition) is 3. The predicted molar refractivity (Wildman–Crippen MR) is 98.8 cm³/mol. The number of nitrogens with one attached hydrogen (secondary N) is 3. The number of para-hydroxylation sites is 1. The van der Waals surface area contributed by atoms with Crippen LogP contribution >= 0.6 is 15.9 Å². The van der Waals surface area contributed by atoms with Crippen LogP contribution in [-0.2, 0) is 4.79 Å². The summed E-state index contributed by atoms with van der Waals surface area (Å²) in [5.41, 5.74) is 1.72. The zero-order valence-corrected chi connectivity index (χ0v) is 15.0. The van der Waals surface area contributed by atoms with Gasteiger partial charge in [0.2, 0.25) is 5.91 Å². The van der Waals surface area contributed by atoms with Crippen LogP contribution in [0.4, 0.5) is 10.5 Å². The Morgan fingerprint density at radius 3 is 2.42 bits per heavy atom. The highest BCUT2D eigenvalue weighted by molar-refractivity contribution is 9.10. The summed E-state index contributed by atoms with van der Waals surface area (Å²) in [6, 6.07) is 16.5. The lowest BCUT2D eigenvalue weighted by molar-refractivity contribution is -0.121. The maximum atomic E-state index is 12.0. The van der Waals surface area contributed by atoms with Crippen LogP contribution in [0.1, 0.15) is 24.9 Å². The van der Waals surface area contributed by atoms with E-state index in [9.17, 15) is 9.59 Å². The Balaban J connectivity index is 1.71. The first-order valence-corrected chi connectivity index (χ1v) is 8.49. The first-order valence-electron chi connectivity index (χ1n) is 7.70. The fourth-order valence-electron chi connectivity index (χ4n) is 2.20. The minimum Gasteiger partial charge on any atom is -0.349 e. The van der Waals surface area contributed by atoms with Gasteiger partial charge in [-0.05, 0) is 30.7 Å². The monoisotopic (exact) mass is 389 g/mol. The zero-order valence-electron chi connectivity index (χ0n) is 13.4. The van der Waals surface area contributed by atoms with E-state index in [0.29, 0.717) is 5.69 Å². The van der Waals surface area contributed by atoms with E-state index in [1.165, 1.54) is 0 Å². The van der Waals surface area contributed by atoms with Crippen molar-refractivity contribution in [3.05, 3.63) is 64.6 Å². The molecule has 0 radical (unpaired) electrons. The van der Waals surface area contributed by atoms with Crippen LogP contribution in [0, 0.1) is 0 Å². The second-order valence-electron chi connectivity index (χ2n) is 5.31. The average molecular weight is 390 g/mol. The SMILES string of the molecule is C[C@H](NC(=O)CCNC(=O)Nc1ccccc1)c1ccccc1Br. The molecule has 0 aliphatic rings. The zero-order chi connectivity index (χ0) is 17.4. The average Bonchev–Trinajstić information content (AvgIpc) is 2.56. The molecule has 0 bridgehead atoms. The number of carbonyl (C=O) groups excluding carboxylic acids is 2. The van der Waals surface area contributed by atoms with Crippen molar-refractivity contribution >= 4 is 33.6 Å². The Morgan fingerprint density at radius 1 is 1.04 bits per heavy atom. The number of amides is 3. The van der Waals surface area contributed by atoms with Crippen molar-refractivity contribution in [1.29, 1.82) is 0 Å². The van der Waals surface area contributed by atoms with Gasteiger partial charge in [0, 0.05) is 23.1 Å². The molecule has 3 N–H and O–H groups in total. The van der Waals surface area contributed by atoms with Crippen LogP contribution < -0.4 is 16.0 Å². The molecule has 5 nitrogen and oxygen atoms in total. The first-order chi connectivity index (χ1) is 11.6. The van der Waals surface area contributed by atoms with E-state index < -0.39 is 0 Å². The molecule has 0 saturated carbocycles. The minimum absolute atomic E-state index is 0.105. The maximum Gasteiger partial charge on any atom is 0.319 e. The topological polar surface area (TPSA) is 70.2 Å². The minimum atomic E-state index is -0.326. The molecule has 2 rings (SSSR count). The van der Waals surface area contributed by atoms with Gasteiger partial charge in [0.1, 0.15) is 0 Å². The first kappa shape index (κ1) is 18.0. The molecule has 0 fully saturated rings. The largest absolute Gasteiger partial charge is 0.349 e. The summed E-state index contributed by atoms with van der Waals surface area (Å²) in [6.07, 6.45) is 0.219. The van der Waals surface area contributed by atoms with E-state index in [2.05, 4.69) is 31.9 Å². The molecule has 0 aliphatic carbocycles. The molecule has 1 atom stereocenters. The summed E-state index contributed by atoms with van der Waals surface area (Å²) in [6.45, 7) is 2.20. The molecule has 0 heterocycles. The summed E-state index contributed by atoms with van der Waals surface area (Å²) in [5.74, 6) is -0.113. The van der Waals surface area contributed by atoms with E-state index in [4.69, 9.17) is 0 Å². The molecule has 24 heavy (non-hydrogen) atoms. The van der Waals surface area contributed by atoms with Gasteiger partial charge in [-0.15, -0.1) is 0 Å². The predicted octanol–water partition coefficient (Wildman–Crippen LogP) is 3.84. The Morgan fingerprint density at radius 2 is 1.71 bits per heavy atom. The molecule has 0 aliphatic heterocycles. The molecule has 0 aromatic heterocycles. The fourth-order valence-corrected chi connectivity index (χ4v) is 2.83. The van der Waals surface area contributed by atoms with E-state index in [-0.39, 0.29) is 30.9 Å². The maximum absolute atomic E-state index is 12.0. The second kappa shape index (κ2) is 9.08. The van der Waals surface area contributed by atoms with Gasteiger partial charge >= 0.3 is 6.03 Å². The molecule has 3 amide bonds. The highest BCUT2D eigenvalue weighted by Gasteiger charge is 2.12. The normalized spacial score (nSPS) is 11.4. The highest BCUT2D eigenvalue weighted by Crippen LogP contribution is 2.22. The third-order valence-electron chi connectivity index (χ3n) is 3.42. The van der Waals surface area contributed by atoms with E-state index >= 15 is 0 Å². The second-order valence-corrected chi connectivity index (χ2v) is 6.16. The lowest BCUT2D eigenvalue weighted by Crippen LogP contribution is -2.34.